The molecule has 3 aliphatic carbocycles. The molecule has 2 aromatic rings. The van der Waals surface area contributed by atoms with Gasteiger partial charge in [0.15, 0.2) is 0 Å². The van der Waals surface area contributed by atoms with Gasteiger partial charge in [0, 0.05) is 0 Å². The van der Waals surface area contributed by atoms with Gasteiger partial charge in [0.2, 0.25) is 0 Å². The normalized spacial score (nSPS) is 27.8. The van der Waals surface area contributed by atoms with E-state index in [0.717, 1.165) is 30.1 Å². The van der Waals surface area contributed by atoms with Gasteiger partial charge in [-0.1, -0.05) is 93.8 Å². The van der Waals surface area contributed by atoms with Crippen LogP contribution < -0.4 is 0 Å². The van der Waals surface area contributed by atoms with E-state index in [2.05, 4.69) is 89.2 Å². The van der Waals surface area contributed by atoms with Crippen LogP contribution in [-0.2, 0) is 19.3 Å². The first-order chi connectivity index (χ1) is 18.9. The first-order valence-corrected chi connectivity index (χ1v) is 16.4. The van der Waals surface area contributed by atoms with Crippen LogP contribution >= 0.6 is 0 Å². The van der Waals surface area contributed by atoms with E-state index in [1.54, 1.807) is 16.7 Å². The van der Waals surface area contributed by atoms with Gasteiger partial charge < -0.3 is 0 Å². The average Bonchev–Trinajstić information content (AvgIpc) is 2.93. The molecule has 5 rings (SSSR count). The third-order valence-corrected chi connectivity index (χ3v) is 10.6. The lowest BCUT2D eigenvalue weighted by molar-refractivity contribution is 0.165. The van der Waals surface area contributed by atoms with Gasteiger partial charge in [-0.3, -0.25) is 0 Å². The molecule has 1 unspecified atom stereocenters. The molecule has 0 aromatic heterocycles. The Morgan fingerprint density at radius 3 is 2.10 bits per heavy atom. The highest BCUT2D eigenvalue weighted by atomic mass is 14.4. The van der Waals surface area contributed by atoms with Gasteiger partial charge in [-0.15, -0.1) is 0 Å². The summed E-state index contributed by atoms with van der Waals surface area (Å²) in [5, 5.41) is 0. The predicted octanol–water partition coefficient (Wildman–Crippen LogP) is 11.0. The Bertz CT molecular complexity index is 1140. The standard InChI is InChI=1S/C39H54/c1-27(2)22-36-8-6-7-9-37(36)26-39-25-31(13-12-29(39)4)24-35-20-21-38(23-30(35)5)34-18-16-33(17-19-34)32-14-10-28(3)11-15-32/h6-9,12,20-21,23,25,27-28,31-34H,10-11,13-19,22,24,26H2,1-5H3. The number of aryl methyl sites for hydroxylation is 1. The summed E-state index contributed by atoms with van der Waals surface area (Å²) in [5.74, 6) is 5.10. The van der Waals surface area contributed by atoms with Crippen LogP contribution in [0.25, 0.3) is 0 Å². The molecule has 2 fully saturated rings. The third-order valence-electron chi connectivity index (χ3n) is 10.6. The zero-order valence-corrected chi connectivity index (χ0v) is 25.6. The monoisotopic (exact) mass is 522 g/mol. The molecule has 0 radical (unpaired) electrons. The highest BCUT2D eigenvalue weighted by Crippen LogP contribution is 2.44. The molecule has 0 spiro atoms. The van der Waals surface area contributed by atoms with Crippen LogP contribution in [-0.4, -0.2) is 0 Å². The summed E-state index contributed by atoms with van der Waals surface area (Å²) in [5.41, 5.74) is 10.7. The van der Waals surface area contributed by atoms with Gasteiger partial charge in [0.1, 0.15) is 0 Å². The lowest BCUT2D eigenvalue weighted by Crippen LogP contribution is -2.24. The van der Waals surface area contributed by atoms with Gasteiger partial charge in [0.25, 0.3) is 0 Å². The zero-order chi connectivity index (χ0) is 27.4. The lowest BCUT2D eigenvalue weighted by atomic mass is 9.68. The summed E-state index contributed by atoms with van der Waals surface area (Å²) >= 11 is 0. The Labute approximate surface area is 240 Å². The quantitative estimate of drug-likeness (QED) is 0.323. The van der Waals surface area contributed by atoms with Crippen molar-refractivity contribution in [1.82, 2.24) is 0 Å². The minimum Gasteiger partial charge on any atom is -0.0807 e. The molecule has 0 N–H and O–H groups in total. The number of benzene rings is 2. The Hall–Kier alpha value is -2.08. The van der Waals surface area contributed by atoms with E-state index in [0.29, 0.717) is 11.8 Å². The molecule has 0 aliphatic heterocycles. The summed E-state index contributed by atoms with van der Waals surface area (Å²) in [6.07, 6.45) is 21.4. The van der Waals surface area contributed by atoms with Crippen molar-refractivity contribution in [3.63, 3.8) is 0 Å². The Balaban J connectivity index is 1.20. The van der Waals surface area contributed by atoms with Crippen molar-refractivity contribution in [3.8, 4) is 0 Å². The summed E-state index contributed by atoms with van der Waals surface area (Å²) < 4.78 is 0. The van der Waals surface area contributed by atoms with Crippen molar-refractivity contribution < 1.29 is 0 Å². The minimum atomic E-state index is 0.610. The van der Waals surface area contributed by atoms with Gasteiger partial charge in [-0.25, -0.2) is 0 Å². The Morgan fingerprint density at radius 1 is 0.769 bits per heavy atom. The van der Waals surface area contributed by atoms with Crippen molar-refractivity contribution in [2.45, 2.75) is 118 Å². The third kappa shape index (κ3) is 7.36. The van der Waals surface area contributed by atoms with E-state index >= 15 is 0 Å². The molecule has 0 saturated heterocycles. The van der Waals surface area contributed by atoms with Gasteiger partial charge >= 0.3 is 0 Å². The van der Waals surface area contributed by atoms with E-state index in [4.69, 9.17) is 0 Å². The van der Waals surface area contributed by atoms with Crippen LogP contribution in [0.4, 0.5) is 0 Å². The molecular formula is C39H54. The van der Waals surface area contributed by atoms with E-state index in [1.165, 1.54) is 92.9 Å². The minimum absolute atomic E-state index is 0.610. The van der Waals surface area contributed by atoms with Crippen LogP contribution in [0, 0.1) is 36.5 Å². The molecule has 0 heterocycles. The van der Waals surface area contributed by atoms with E-state index in [1.807, 2.05) is 0 Å². The lowest BCUT2D eigenvalue weighted by Gasteiger charge is -2.37. The molecule has 210 valence electrons. The summed E-state index contributed by atoms with van der Waals surface area (Å²) in [6.45, 7) is 11.8. The van der Waals surface area contributed by atoms with Crippen molar-refractivity contribution in [3.05, 3.63) is 93.6 Å². The summed E-state index contributed by atoms with van der Waals surface area (Å²) in [4.78, 5) is 0. The Kier molecular flexibility index (Phi) is 9.52. The van der Waals surface area contributed by atoms with Crippen molar-refractivity contribution in [1.29, 1.82) is 0 Å². The van der Waals surface area contributed by atoms with E-state index < -0.39 is 0 Å². The second-order valence-electron chi connectivity index (χ2n) is 14.1. The number of allylic oxidation sites excluding steroid dienone is 4. The van der Waals surface area contributed by atoms with Crippen molar-refractivity contribution in [2.75, 3.05) is 0 Å². The van der Waals surface area contributed by atoms with Crippen LogP contribution in [0.5, 0.6) is 0 Å². The van der Waals surface area contributed by atoms with E-state index in [-0.39, 0.29) is 0 Å². The largest absolute Gasteiger partial charge is 0.0807 e. The number of hydrogen-bond acceptors (Lipinski definition) is 0. The molecule has 3 aliphatic rings. The number of hydrogen-bond donors (Lipinski definition) is 0. The van der Waals surface area contributed by atoms with Crippen LogP contribution in [0.3, 0.4) is 0 Å². The Morgan fingerprint density at radius 2 is 1.44 bits per heavy atom. The highest BCUT2D eigenvalue weighted by Gasteiger charge is 2.30. The maximum absolute atomic E-state index is 2.61. The fourth-order valence-electron chi connectivity index (χ4n) is 8.02. The fraction of sp³-hybridized carbons (Fsp3) is 0.590. The molecule has 0 heteroatoms. The second-order valence-corrected chi connectivity index (χ2v) is 14.1. The van der Waals surface area contributed by atoms with Crippen molar-refractivity contribution >= 4 is 0 Å². The van der Waals surface area contributed by atoms with Gasteiger partial charge in [0.05, 0.1) is 0 Å². The average molecular weight is 523 g/mol. The maximum Gasteiger partial charge on any atom is -0.00236 e. The molecule has 39 heavy (non-hydrogen) atoms. The van der Waals surface area contributed by atoms with Crippen LogP contribution in [0.15, 0.2) is 65.8 Å². The predicted molar refractivity (Wildman–Crippen MR) is 169 cm³/mol. The molecule has 1 atom stereocenters. The highest BCUT2D eigenvalue weighted by molar-refractivity contribution is 5.41. The van der Waals surface area contributed by atoms with Crippen LogP contribution in [0.1, 0.15) is 119 Å². The summed E-state index contributed by atoms with van der Waals surface area (Å²) in [6, 6.07) is 16.6. The molecular weight excluding hydrogens is 468 g/mol. The molecule has 0 amide bonds. The molecule has 2 saturated carbocycles. The SMILES string of the molecule is CC1=CCC(Cc2ccc(C3CCC(C4CCC(C)CC4)CC3)cc2C)C=C1Cc1ccccc1CC(C)C. The first-order valence-electron chi connectivity index (χ1n) is 16.4. The summed E-state index contributed by atoms with van der Waals surface area (Å²) in [7, 11) is 0. The van der Waals surface area contributed by atoms with Crippen LogP contribution in [0.2, 0.25) is 0 Å². The topological polar surface area (TPSA) is 0 Å². The van der Waals surface area contributed by atoms with Crippen molar-refractivity contribution in [2.24, 2.45) is 29.6 Å². The second kappa shape index (κ2) is 13.1. The van der Waals surface area contributed by atoms with Gasteiger partial charge in [-0.2, -0.15) is 0 Å². The first kappa shape index (κ1) is 28.4. The molecule has 0 nitrogen and oxygen atoms in total. The fourth-order valence-corrected chi connectivity index (χ4v) is 8.02. The maximum atomic E-state index is 2.61. The molecule has 2 aromatic carbocycles. The van der Waals surface area contributed by atoms with E-state index in [9.17, 15) is 0 Å². The molecule has 0 bridgehead atoms. The van der Waals surface area contributed by atoms with Gasteiger partial charge in [-0.05, 0) is 147 Å². The smallest absolute Gasteiger partial charge is 0.00236 e. The zero-order valence-electron chi connectivity index (χ0n) is 25.6. The number of rotatable bonds is 8.